The number of carbonyl (C=O) groups is 2. The van der Waals surface area contributed by atoms with Gasteiger partial charge in [-0.15, -0.1) is 0 Å². The summed E-state index contributed by atoms with van der Waals surface area (Å²) in [5.41, 5.74) is 0. The van der Waals surface area contributed by atoms with E-state index in [0.717, 1.165) is 0 Å². The Balaban J connectivity index is 2.77. The molecule has 0 unspecified atom stereocenters. The van der Waals surface area contributed by atoms with Crippen LogP contribution in [0.3, 0.4) is 0 Å². The van der Waals surface area contributed by atoms with Crippen molar-refractivity contribution >= 4 is 12.0 Å². The van der Waals surface area contributed by atoms with E-state index in [4.69, 9.17) is 4.74 Å². The Morgan fingerprint density at radius 1 is 1.37 bits per heavy atom. The highest BCUT2D eigenvalue weighted by Gasteiger charge is 2.42. The molecular formula is C14H25NO4. The predicted octanol–water partition coefficient (Wildman–Crippen LogP) is 2.03. The average molecular weight is 271 g/mol. The minimum Gasteiger partial charge on any atom is -0.447 e. The van der Waals surface area contributed by atoms with Crippen molar-refractivity contribution in [1.82, 2.24) is 4.90 Å². The largest absolute Gasteiger partial charge is 0.447 e. The lowest BCUT2D eigenvalue weighted by atomic mass is 9.94. The first-order valence-electron chi connectivity index (χ1n) is 6.93. The molecule has 1 saturated heterocycles. The van der Waals surface area contributed by atoms with Crippen LogP contribution >= 0.6 is 0 Å². The summed E-state index contributed by atoms with van der Waals surface area (Å²) in [7, 11) is 0. The lowest BCUT2D eigenvalue weighted by molar-refractivity contribution is -0.137. The van der Waals surface area contributed by atoms with E-state index in [2.05, 4.69) is 0 Å². The van der Waals surface area contributed by atoms with E-state index >= 15 is 0 Å². The van der Waals surface area contributed by atoms with E-state index in [-0.39, 0.29) is 24.5 Å². The number of carbonyl (C=O) groups excluding carboxylic acids is 2. The molecule has 0 aromatic heterocycles. The summed E-state index contributed by atoms with van der Waals surface area (Å²) in [6.45, 7) is 9.78. The maximum Gasteiger partial charge on any atom is 0.416 e. The van der Waals surface area contributed by atoms with E-state index in [0.29, 0.717) is 12.3 Å². The van der Waals surface area contributed by atoms with Gasteiger partial charge in [0.1, 0.15) is 6.61 Å². The zero-order valence-corrected chi connectivity index (χ0v) is 12.4. The SMILES string of the molecule is CC(C)C[C@@H](O)[C@H](C)C(=O)N1C(=O)OC[C@@H]1C(C)C. The van der Waals surface area contributed by atoms with Crippen molar-refractivity contribution in [2.24, 2.45) is 17.8 Å². The Morgan fingerprint density at radius 2 is 1.95 bits per heavy atom. The molecule has 1 fully saturated rings. The van der Waals surface area contributed by atoms with Gasteiger partial charge in [0.05, 0.1) is 18.1 Å². The lowest BCUT2D eigenvalue weighted by Gasteiger charge is -2.27. The quantitative estimate of drug-likeness (QED) is 0.831. The average Bonchev–Trinajstić information content (AvgIpc) is 2.68. The van der Waals surface area contributed by atoms with Crippen molar-refractivity contribution < 1.29 is 19.4 Å². The van der Waals surface area contributed by atoms with Crippen LogP contribution in [0.4, 0.5) is 4.79 Å². The topological polar surface area (TPSA) is 66.8 Å². The highest BCUT2D eigenvalue weighted by atomic mass is 16.6. The van der Waals surface area contributed by atoms with E-state index in [9.17, 15) is 14.7 Å². The van der Waals surface area contributed by atoms with Crippen LogP contribution in [-0.4, -0.2) is 40.8 Å². The van der Waals surface area contributed by atoms with Crippen LogP contribution in [0, 0.1) is 17.8 Å². The number of aliphatic hydroxyl groups is 1. The monoisotopic (exact) mass is 271 g/mol. The molecule has 0 aromatic rings. The number of cyclic esters (lactones) is 1. The van der Waals surface area contributed by atoms with Gasteiger partial charge in [-0.05, 0) is 18.3 Å². The van der Waals surface area contributed by atoms with Crippen LogP contribution in [0.1, 0.15) is 41.0 Å². The highest BCUT2D eigenvalue weighted by Crippen LogP contribution is 2.24. The number of rotatable bonds is 5. The molecule has 5 heteroatoms. The van der Waals surface area contributed by atoms with Crippen molar-refractivity contribution in [3.05, 3.63) is 0 Å². The van der Waals surface area contributed by atoms with Gasteiger partial charge in [-0.2, -0.15) is 0 Å². The van der Waals surface area contributed by atoms with Gasteiger partial charge in [0.25, 0.3) is 0 Å². The fourth-order valence-electron chi connectivity index (χ4n) is 2.25. The summed E-state index contributed by atoms with van der Waals surface area (Å²) in [4.78, 5) is 25.2. The molecule has 1 N–H and O–H groups in total. The number of hydrogen-bond acceptors (Lipinski definition) is 4. The molecule has 1 heterocycles. The summed E-state index contributed by atoms with van der Waals surface area (Å²) in [5.74, 6) is -0.481. The molecule has 3 atom stereocenters. The minimum absolute atomic E-state index is 0.143. The van der Waals surface area contributed by atoms with Crippen molar-refractivity contribution in [2.75, 3.05) is 6.61 Å². The number of amides is 2. The van der Waals surface area contributed by atoms with Crippen LogP contribution in [0.5, 0.6) is 0 Å². The van der Waals surface area contributed by atoms with Gasteiger partial charge in [0.2, 0.25) is 5.91 Å². The first-order chi connectivity index (χ1) is 8.75. The third kappa shape index (κ3) is 3.69. The smallest absolute Gasteiger partial charge is 0.416 e. The fourth-order valence-corrected chi connectivity index (χ4v) is 2.25. The number of hydrogen-bond donors (Lipinski definition) is 1. The van der Waals surface area contributed by atoms with Gasteiger partial charge < -0.3 is 9.84 Å². The molecule has 2 amide bonds. The maximum absolute atomic E-state index is 12.4. The fraction of sp³-hybridized carbons (Fsp3) is 0.857. The van der Waals surface area contributed by atoms with Gasteiger partial charge in [-0.25, -0.2) is 9.69 Å². The molecule has 0 aromatic carbocycles. The lowest BCUT2D eigenvalue weighted by Crippen LogP contribution is -2.46. The Bertz CT molecular complexity index is 340. The Hall–Kier alpha value is -1.10. The van der Waals surface area contributed by atoms with Gasteiger partial charge in [-0.3, -0.25) is 4.79 Å². The summed E-state index contributed by atoms with van der Waals surface area (Å²) in [5, 5.41) is 10.0. The molecule has 1 aliphatic rings. The summed E-state index contributed by atoms with van der Waals surface area (Å²) in [6.07, 6.45) is -0.775. The summed E-state index contributed by atoms with van der Waals surface area (Å²) < 4.78 is 4.96. The van der Waals surface area contributed by atoms with Crippen molar-refractivity contribution in [1.29, 1.82) is 0 Å². The molecule has 0 saturated carbocycles. The second kappa shape index (κ2) is 6.37. The van der Waals surface area contributed by atoms with E-state index in [1.165, 1.54) is 4.90 Å². The predicted molar refractivity (Wildman–Crippen MR) is 71.4 cm³/mol. The molecule has 0 radical (unpaired) electrons. The van der Waals surface area contributed by atoms with Crippen LogP contribution < -0.4 is 0 Å². The first kappa shape index (κ1) is 16.0. The first-order valence-corrected chi connectivity index (χ1v) is 6.93. The summed E-state index contributed by atoms with van der Waals surface area (Å²) in [6, 6.07) is -0.228. The van der Waals surface area contributed by atoms with Gasteiger partial charge in [0, 0.05) is 0 Å². The van der Waals surface area contributed by atoms with E-state index in [1.54, 1.807) is 6.92 Å². The van der Waals surface area contributed by atoms with Crippen molar-refractivity contribution in [3.8, 4) is 0 Å². The van der Waals surface area contributed by atoms with Crippen LogP contribution in [0.15, 0.2) is 0 Å². The molecule has 0 spiro atoms. The van der Waals surface area contributed by atoms with Gasteiger partial charge >= 0.3 is 6.09 Å². The summed E-state index contributed by atoms with van der Waals surface area (Å²) >= 11 is 0. The number of ether oxygens (including phenoxy) is 1. The highest BCUT2D eigenvalue weighted by molar-refractivity contribution is 5.94. The molecular weight excluding hydrogens is 246 g/mol. The van der Waals surface area contributed by atoms with Gasteiger partial charge in [0.15, 0.2) is 0 Å². The Labute approximate surface area is 114 Å². The van der Waals surface area contributed by atoms with E-state index < -0.39 is 18.1 Å². The molecule has 0 aliphatic carbocycles. The molecule has 1 aliphatic heterocycles. The molecule has 19 heavy (non-hydrogen) atoms. The van der Waals surface area contributed by atoms with E-state index in [1.807, 2.05) is 27.7 Å². The molecule has 110 valence electrons. The number of imide groups is 1. The molecule has 5 nitrogen and oxygen atoms in total. The Morgan fingerprint density at radius 3 is 2.42 bits per heavy atom. The maximum atomic E-state index is 12.4. The van der Waals surface area contributed by atoms with Crippen LogP contribution in [-0.2, 0) is 9.53 Å². The standard InChI is InChI=1S/C14H25NO4/c1-8(2)6-12(16)10(5)13(17)15-11(9(3)4)7-19-14(15)18/h8-12,16H,6-7H2,1-5H3/t10-,11+,12+/m0/s1. The van der Waals surface area contributed by atoms with Crippen LogP contribution in [0.2, 0.25) is 0 Å². The zero-order chi connectivity index (χ0) is 14.7. The second-order valence-corrected chi connectivity index (χ2v) is 6.08. The third-order valence-electron chi connectivity index (χ3n) is 3.59. The second-order valence-electron chi connectivity index (χ2n) is 6.08. The van der Waals surface area contributed by atoms with Gasteiger partial charge in [-0.1, -0.05) is 34.6 Å². The molecule has 1 rings (SSSR count). The van der Waals surface area contributed by atoms with Crippen molar-refractivity contribution in [2.45, 2.75) is 53.2 Å². The third-order valence-corrected chi connectivity index (χ3v) is 3.59. The minimum atomic E-state index is -0.728. The van der Waals surface area contributed by atoms with Crippen LogP contribution in [0.25, 0.3) is 0 Å². The number of nitrogens with zero attached hydrogens (tertiary/aromatic N) is 1. The number of aliphatic hydroxyl groups excluding tert-OH is 1. The Kier molecular flexibility index (Phi) is 5.35. The zero-order valence-electron chi connectivity index (χ0n) is 12.4. The van der Waals surface area contributed by atoms with Crippen molar-refractivity contribution in [3.63, 3.8) is 0 Å². The molecule has 0 bridgehead atoms. The normalized spacial score (nSPS) is 22.8.